The van der Waals surface area contributed by atoms with Gasteiger partial charge in [0, 0.05) is 17.3 Å². The van der Waals surface area contributed by atoms with Gasteiger partial charge in [0.15, 0.2) is 11.5 Å². The van der Waals surface area contributed by atoms with Crippen LogP contribution in [0.2, 0.25) is 0 Å². The van der Waals surface area contributed by atoms with Crippen LogP contribution in [0.4, 0.5) is 0 Å². The predicted octanol–water partition coefficient (Wildman–Crippen LogP) is 0.563. The highest BCUT2D eigenvalue weighted by Crippen LogP contribution is 2.23. The van der Waals surface area contributed by atoms with Crippen molar-refractivity contribution in [1.29, 1.82) is 0 Å². The molecule has 0 radical (unpaired) electrons. The second kappa shape index (κ2) is 3.06. The highest BCUT2D eigenvalue weighted by molar-refractivity contribution is 6.46. The Morgan fingerprint density at radius 1 is 1.43 bits per heavy atom. The first-order valence-corrected chi connectivity index (χ1v) is 4.03. The molecule has 0 saturated carbocycles. The van der Waals surface area contributed by atoms with Gasteiger partial charge in [-0.2, -0.15) is 0 Å². The van der Waals surface area contributed by atoms with Gasteiger partial charge in [-0.05, 0) is 18.2 Å². The van der Waals surface area contributed by atoms with Gasteiger partial charge in [0.25, 0.3) is 0 Å². The average molecular weight is 189 g/mol. The summed E-state index contributed by atoms with van der Waals surface area (Å²) in [4.78, 5) is 26.2. The van der Waals surface area contributed by atoms with Crippen LogP contribution in [0.25, 0.3) is 0 Å². The molecular formula is C10H7NO3. The van der Waals surface area contributed by atoms with Crippen molar-refractivity contribution < 1.29 is 14.3 Å². The highest BCUT2D eigenvalue weighted by Gasteiger charge is 2.25. The quantitative estimate of drug-likeness (QED) is 0.566. The van der Waals surface area contributed by atoms with Crippen LogP contribution in [-0.4, -0.2) is 24.6 Å². The molecule has 4 nitrogen and oxygen atoms in total. The molecule has 0 fully saturated rings. The number of fused-ring (bicyclic) bond motifs is 1. The number of allylic oxidation sites excluding steroid dienone is 4. The van der Waals surface area contributed by atoms with Crippen LogP contribution in [0, 0.1) is 0 Å². The summed E-state index contributed by atoms with van der Waals surface area (Å²) in [6, 6.07) is 0. The zero-order chi connectivity index (χ0) is 10.1. The SMILES string of the molecule is COC(=O)C1=NC=C2C=CC(=O)C=C21. The van der Waals surface area contributed by atoms with E-state index in [1.807, 2.05) is 0 Å². The van der Waals surface area contributed by atoms with Crippen molar-refractivity contribution >= 4 is 17.5 Å². The largest absolute Gasteiger partial charge is 0.464 e. The zero-order valence-corrected chi connectivity index (χ0v) is 7.48. The molecule has 1 aliphatic heterocycles. The van der Waals surface area contributed by atoms with Crippen LogP contribution in [0.1, 0.15) is 0 Å². The lowest BCUT2D eigenvalue weighted by molar-refractivity contribution is -0.132. The minimum Gasteiger partial charge on any atom is -0.464 e. The molecule has 0 aromatic rings. The molecule has 1 aliphatic carbocycles. The van der Waals surface area contributed by atoms with E-state index in [9.17, 15) is 9.59 Å². The third-order valence-corrected chi connectivity index (χ3v) is 1.99. The minimum absolute atomic E-state index is 0.143. The molecule has 2 rings (SSSR count). The second-order valence-electron chi connectivity index (χ2n) is 2.85. The molecular weight excluding hydrogens is 182 g/mol. The number of esters is 1. The lowest BCUT2D eigenvalue weighted by Crippen LogP contribution is -2.18. The van der Waals surface area contributed by atoms with E-state index in [-0.39, 0.29) is 11.5 Å². The van der Waals surface area contributed by atoms with Gasteiger partial charge in [-0.25, -0.2) is 9.79 Å². The highest BCUT2D eigenvalue weighted by atomic mass is 16.5. The van der Waals surface area contributed by atoms with Gasteiger partial charge >= 0.3 is 5.97 Å². The molecule has 0 unspecified atom stereocenters. The molecule has 4 heteroatoms. The average Bonchev–Trinajstić information content (AvgIpc) is 2.59. The Hall–Kier alpha value is -1.97. The number of hydrogen-bond acceptors (Lipinski definition) is 4. The van der Waals surface area contributed by atoms with Crippen LogP contribution in [0.15, 0.2) is 40.6 Å². The maximum absolute atomic E-state index is 11.2. The Labute approximate surface area is 80.3 Å². The van der Waals surface area contributed by atoms with Crippen LogP contribution in [-0.2, 0) is 14.3 Å². The first-order valence-electron chi connectivity index (χ1n) is 4.03. The van der Waals surface area contributed by atoms with Crippen molar-refractivity contribution in [3.8, 4) is 0 Å². The van der Waals surface area contributed by atoms with E-state index >= 15 is 0 Å². The van der Waals surface area contributed by atoms with Gasteiger partial charge in [-0.15, -0.1) is 0 Å². The molecule has 0 bridgehead atoms. The first kappa shape index (κ1) is 8.62. The van der Waals surface area contributed by atoms with Gasteiger partial charge in [-0.3, -0.25) is 4.79 Å². The molecule has 14 heavy (non-hydrogen) atoms. The van der Waals surface area contributed by atoms with Crippen molar-refractivity contribution in [2.45, 2.75) is 0 Å². The van der Waals surface area contributed by atoms with Gasteiger partial charge in [0.1, 0.15) is 0 Å². The Balaban J connectivity index is 2.37. The van der Waals surface area contributed by atoms with E-state index < -0.39 is 5.97 Å². The minimum atomic E-state index is -0.523. The monoisotopic (exact) mass is 189 g/mol. The third-order valence-electron chi connectivity index (χ3n) is 1.99. The zero-order valence-electron chi connectivity index (χ0n) is 7.48. The number of nitrogens with zero attached hydrogens (tertiary/aromatic N) is 1. The lowest BCUT2D eigenvalue weighted by Gasteiger charge is -2.06. The van der Waals surface area contributed by atoms with Gasteiger partial charge in [0.05, 0.1) is 7.11 Å². The Morgan fingerprint density at radius 2 is 2.21 bits per heavy atom. The summed E-state index contributed by atoms with van der Waals surface area (Å²) < 4.78 is 4.54. The van der Waals surface area contributed by atoms with Crippen molar-refractivity contribution in [2.24, 2.45) is 4.99 Å². The van der Waals surface area contributed by atoms with E-state index in [1.165, 1.54) is 19.3 Å². The molecule has 70 valence electrons. The maximum Gasteiger partial charge on any atom is 0.357 e. The number of ether oxygens (including phenoxy) is 1. The number of carbonyl (C=O) groups is 2. The van der Waals surface area contributed by atoms with Crippen LogP contribution < -0.4 is 0 Å². The fourth-order valence-electron chi connectivity index (χ4n) is 1.32. The fourth-order valence-corrected chi connectivity index (χ4v) is 1.32. The van der Waals surface area contributed by atoms with Gasteiger partial charge < -0.3 is 4.74 Å². The molecule has 2 aliphatic rings. The summed E-state index contributed by atoms with van der Waals surface area (Å²) in [5.41, 5.74) is 1.51. The van der Waals surface area contributed by atoms with Crippen molar-refractivity contribution in [1.82, 2.24) is 0 Å². The number of aliphatic imine (C=N–C) groups is 1. The lowest BCUT2D eigenvalue weighted by atomic mass is 9.98. The van der Waals surface area contributed by atoms with Gasteiger partial charge in [0.2, 0.25) is 0 Å². The molecule has 0 atom stereocenters. The summed E-state index contributed by atoms with van der Waals surface area (Å²) >= 11 is 0. The number of rotatable bonds is 1. The summed E-state index contributed by atoms with van der Waals surface area (Å²) in [7, 11) is 1.28. The predicted molar refractivity (Wildman–Crippen MR) is 49.8 cm³/mol. The van der Waals surface area contributed by atoms with Crippen molar-refractivity contribution in [2.75, 3.05) is 7.11 Å². The molecule has 0 spiro atoms. The van der Waals surface area contributed by atoms with Gasteiger partial charge in [-0.1, -0.05) is 0 Å². The summed E-state index contributed by atoms with van der Waals surface area (Å²) in [5, 5.41) is 0. The van der Waals surface area contributed by atoms with Crippen LogP contribution in [0.3, 0.4) is 0 Å². The van der Waals surface area contributed by atoms with Crippen molar-refractivity contribution in [3.63, 3.8) is 0 Å². The van der Waals surface area contributed by atoms with Crippen LogP contribution >= 0.6 is 0 Å². The number of methoxy groups -OCH3 is 1. The Bertz CT molecular complexity index is 438. The van der Waals surface area contributed by atoms with E-state index in [0.29, 0.717) is 5.57 Å². The fraction of sp³-hybridized carbons (Fsp3) is 0.100. The number of ketones is 1. The smallest absolute Gasteiger partial charge is 0.357 e. The molecule has 0 N–H and O–H groups in total. The topological polar surface area (TPSA) is 55.7 Å². The molecule has 0 amide bonds. The molecule has 1 heterocycles. The third kappa shape index (κ3) is 1.21. The van der Waals surface area contributed by atoms with Crippen molar-refractivity contribution in [3.05, 3.63) is 35.6 Å². The first-order chi connectivity index (χ1) is 6.72. The summed E-state index contributed by atoms with van der Waals surface area (Å²) in [6.07, 6.45) is 6.00. The molecule has 0 aromatic carbocycles. The molecule has 0 aromatic heterocycles. The van der Waals surface area contributed by atoms with E-state index in [4.69, 9.17) is 0 Å². The number of carbonyl (C=O) groups excluding carboxylic acids is 2. The standard InChI is InChI=1S/C10H7NO3/c1-14-10(13)9-8-4-7(12)3-2-6(8)5-11-9/h2-5H,1H3. The second-order valence-corrected chi connectivity index (χ2v) is 2.85. The van der Waals surface area contributed by atoms with E-state index in [1.54, 1.807) is 12.3 Å². The summed E-state index contributed by atoms with van der Waals surface area (Å²) in [6.45, 7) is 0. The Kier molecular flexibility index (Phi) is 1.89. The van der Waals surface area contributed by atoms with E-state index in [2.05, 4.69) is 9.73 Å². The summed E-state index contributed by atoms with van der Waals surface area (Å²) in [5.74, 6) is -0.666. The Morgan fingerprint density at radius 3 is 2.93 bits per heavy atom. The molecule has 0 saturated heterocycles. The number of hydrogen-bond donors (Lipinski definition) is 0. The normalized spacial score (nSPS) is 18.4. The van der Waals surface area contributed by atoms with E-state index in [0.717, 1.165) is 5.57 Å². The van der Waals surface area contributed by atoms with Crippen LogP contribution in [0.5, 0.6) is 0 Å². The maximum atomic E-state index is 11.2.